The number of aliphatic imine (C=N–C) groups is 1. The Labute approximate surface area is 99.1 Å². The predicted molar refractivity (Wildman–Crippen MR) is 63.3 cm³/mol. The molecular weight excluding hydrogens is 226 g/mol. The van der Waals surface area contributed by atoms with Crippen molar-refractivity contribution in [2.75, 3.05) is 6.61 Å². The molecule has 1 aliphatic carbocycles. The topological polar surface area (TPSA) is 38.7 Å². The molecule has 0 aromatic carbocycles. The molecule has 3 nitrogen and oxygen atoms in total. The Morgan fingerprint density at radius 2 is 2.50 bits per heavy atom. The third-order valence-electron chi connectivity index (χ3n) is 2.53. The second kappa shape index (κ2) is 4.66. The van der Waals surface area contributed by atoms with E-state index in [1.54, 1.807) is 0 Å². The fourth-order valence-corrected chi connectivity index (χ4v) is 1.97. The number of carbonyl (C=O) groups is 1. The molecule has 84 valence electrons. The summed E-state index contributed by atoms with van der Waals surface area (Å²) >= 11 is 5.88. The summed E-state index contributed by atoms with van der Waals surface area (Å²) in [6, 6.07) is 0. The molecule has 2 aliphatic rings. The maximum atomic E-state index is 10.7. The molecule has 0 aromatic heterocycles. The fourth-order valence-electron chi connectivity index (χ4n) is 1.76. The van der Waals surface area contributed by atoms with Crippen LogP contribution in [0.3, 0.4) is 0 Å². The number of carbonyl (C=O) groups excluding carboxylic acids is 1. The van der Waals surface area contributed by atoms with Crippen LogP contribution in [0.1, 0.15) is 13.3 Å². The Hall–Kier alpha value is -1.35. The van der Waals surface area contributed by atoms with Crippen LogP contribution in [-0.2, 0) is 9.53 Å². The molecule has 1 atom stereocenters. The van der Waals surface area contributed by atoms with Crippen molar-refractivity contribution in [2.45, 2.75) is 13.3 Å². The van der Waals surface area contributed by atoms with Crippen LogP contribution in [0.15, 0.2) is 40.2 Å². The van der Waals surface area contributed by atoms with Crippen LogP contribution in [0.2, 0.25) is 0 Å². The van der Waals surface area contributed by atoms with Crippen LogP contribution in [0, 0.1) is 5.92 Å². The Bertz CT molecular complexity index is 432. The van der Waals surface area contributed by atoms with Crippen LogP contribution in [0.4, 0.5) is 0 Å². The molecule has 0 bridgehead atoms. The first-order chi connectivity index (χ1) is 7.74. The van der Waals surface area contributed by atoms with Gasteiger partial charge < -0.3 is 4.74 Å². The molecule has 0 aromatic rings. The van der Waals surface area contributed by atoms with Crippen molar-refractivity contribution in [3.63, 3.8) is 0 Å². The highest BCUT2D eigenvalue weighted by atomic mass is 35.5. The minimum atomic E-state index is 0.145. The van der Waals surface area contributed by atoms with Gasteiger partial charge in [0.05, 0.1) is 12.3 Å². The van der Waals surface area contributed by atoms with Crippen molar-refractivity contribution in [1.82, 2.24) is 0 Å². The standard InChI is InChI=1S/C12H12ClNO2/c1-2-16-10-4-3-8-5-9(7-15)12(13)14-11(8)6-10/h4-8H,2-3H2,1H3. The van der Waals surface area contributed by atoms with E-state index < -0.39 is 0 Å². The van der Waals surface area contributed by atoms with Crippen molar-refractivity contribution in [2.24, 2.45) is 10.9 Å². The van der Waals surface area contributed by atoms with E-state index in [1.807, 2.05) is 25.2 Å². The summed E-state index contributed by atoms with van der Waals surface area (Å²) in [7, 11) is 0. The third kappa shape index (κ3) is 2.09. The molecule has 1 aliphatic heterocycles. The molecule has 0 radical (unpaired) electrons. The van der Waals surface area contributed by atoms with Crippen molar-refractivity contribution in [1.29, 1.82) is 0 Å². The molecule has 1 heterocycles. The van der Waals surface area contributed by atoms with Crippen LogP contribution < -0.4 is 0 Å². The lowest BCUT2D eigenvalue weighted by molar-refractivity contribution is -0.104. The van der Waals surface area contributed by atoms with Gasteiger partial charge in [0.1, 0.15) is 10.9 Å². The van der Waals surface area contributed by atoms with E-state index in [1.165, 1.54) is 0 Å². The predicted octanol–water partition coefficient (Wildman–Crippen LogP) is 2.59. The molecule has 4 heteroatoms. The van der Waals surface area contributed by atoms with Crippen molar-refractivity contribution < 1.29 is 9.53 Å². The van der Waals surface area contributed by atoms with Crippen LogP contribution >= 0.6 is 11.6 Å². The number of halogens is 1. The summed E-state index contributed by atoms with van der Waals surface area (Å²) in [6.07, 6.45) is 7.27. The first-order valence-electron chi connectivity index (χ1n) is 5.20. The fraction of sp³-hybridized carbons (Fsp3) is 0.333. The van der Waals surface area contributed by atoms with Gasteiger partial charge in [0, 0.05) is 17.6 Å². The lowest BCUT2D eigenvalue weighted by atomic mass is 9.92. The molecule has 2 rings (SSSR count). The Morgan fingerprint density at radius 1 is 1.69 bits per heavy atom. The SMILES string of the molecule is CCOC1=CCC2C=C(C=O)C(Cl)=NC2=C1. The molecule has 0 saturated heterocycles. The highest BCUT2D eigenvalue weighted by Gasteiger charge is 2.22. The molecule has 0 fully saturated rings. The van der Waals surface area contributed by atoms with Crippen molar-refractivity contribution in [3.05, 3.63) is 35.3 Å². The molecule has 0 N–H and O–H groups in total. The molecule has 1 unspecified atom stereocenters. The summed E-state index contributed by atoms with van der Waals surface area (Å²) in [5.74, 6) is 0.969. The smallest absolute Gasteiger partial charge is 0.152 e. The van der Waals surface area contributed by atoms with E-state index in [-0.39, 0.29) is 11.1 Å². The van der Waals surface area contributed by atoms with Crippen LogP contribution in [0.25, 0.3) is 0 Å². The lowest BCUT2D eigenvalue weighted by Crippen LogP contribution is -2.14. The summed E-state index contributed by atoms with van der Waals surface area (Å²) in [4.78, 5) is 14.9. The van der Waals surface area contributed by atoms with Gasteiger partial charge in [-0.1, -0.05) is 17.7 Å². The van der Waals surface area contributed by atoms with Crippen LogP contribution in [-0.4, -0.2) is 18.1 Å². The second-order valence-corrected chi connectivity index (χ2v) is 3.95. The highest BCUT2D eigenvalue weighted by Crippen LogP contribution is 2.31. The minimum absolute atomic E-state index is 0.145. The largest absolute Gasteiger partial charge is 0.494 e. The Kier molecular flexibility index (Phi) is 3.25. The average Bonchev–Trinajstić information content (AvgIpc) is 2.28. The zero-order valence-electron chi connectivity index (χ0n) is 8.94. The van der Waals surface area contributed by atoms with Crippen LogP contribution in [0.5, 0.6) is 0 Å². The van der Waals surface area contributed by atoms with E-state index in [2.05, 4.69) is 4.99 Å². The van der Waals surface area contributed by atoms with E-state index in [4.69, 9.17) is 16.3 Å². The third-order valence-corrected chi connectivity index (χ3v) is 2.83. The van der Waals surface area contributed by atoms with Gasteiger partial charge in [-0.25, -0.2) is 4.99 Å². The number of allylic oxidation sites excluding steroid dienone is 4. The Balaban J connectivity index is 2.26. The highest BCUT2D eigenvalue weighted by molar-refractivity contribution is 6.72. The summed E-state index contributed by atoms with van der Waals surface area (Å²) in [5.41, 5.74) is 1.33. The number of fused-ring (bicyclic) bond motifs is 1. The maximum Gasteiger partial charge on any atom is 0.152 e. The van der Waals surface area contributed by atoms with E-state index in [0.717, 1.165) is 24.2 Å². The minimum Gasteiger partial charge on any atom is -0.494 e. The van der Waals surface area contributed by atoms with E-state index in [0.29, 0.717) is 12.2 Å². The van der Waals surface area contributed by atoms with Gasteiger partial charge in [0.15, 0.2) is 6.29 Å². The summed E-state index contributed by atoms with van der Waals surface area (Å²) in [5, 5.41) is 0.259. The molecule has 0 saturated carbocycles. The van der Waals surface area contributed by atoms with Gasteiger partial charge in [-0.2, -0.15) is 0 Å². The van der Waals surface area contributed by atoms with Gasteiger partial charge in [-0.15, -0.1) is 0 Å². The summed E-state index contributed by atoms with van der Waals surface area (Å²) < 4.78 is 5.40. The van der Waals surface area contributed by atoms with Gasteiger partial charge in [-0.05, 0) is 19.4 Å². The zero-order chi connectivity index (χ0) is 11.5. The van der Waals surface area contributed by atoms with Crippen molar-refractivity contribution in [3.8, 4) is 0 Å². The number of nitrogens with zero attached hydrogens (tertiary/aromatic N) is 1. The van der Waals surface area contributed by atoms with E-state index in [9.17, 15) is 4.79 Å². The van der Waals surface area contributed by atoms with Crippen molar-refractivity contribution >= 4 is 23.1 Å². The number of ether oxygens (including phenoxy) is 1. The second-order valence-electron chi connectivity index (χ2n) is 3.59. The van der Waals surface area contributed by atoms with Gasteiger partial charge >= 0.3 is 0 Å². The number of rotatable bonds is 3. The molecular formula is C12H12ClNO2. The summed E-state index contributed by atoms with van der Waals surface area (Å²) in [6.45, 7) is 2.57. The molecule has 16 heavy (non-hydrogen) atoms. The number of dihydropyridines is 1. The lowest BCUT2D eigenvalue weighted by Gasteiger charge is -2.22. The normalized spacial score (nSPS) is 23.5. The Morgan fingerprint density at radius 3 is 3.19 bits per heavy atom. The van der Waals surface area contributed by atoms with Gasteiger partial charge in [0.2, 0.25) is 0 Å². The molecule has 0 amide bonds. The van der Waals surface area contributed by atoms with Gasteiger partial charge in [0.25, 0.3) is 0 Å². The first-order valence-corrected chi connectivity index (χ1v) is 5.58. The molecule has 0 spiro atoms. The number of hydrogen-bond acceptors (Lipinski definition) is 3. The van der Waals surface area contributed by atoms with Gasteiger partial charge in [-0.3, -0.25) is 4.79 Å². The average molecular weight is 238 g/mol. The first kappa shape index (κ1) is 11.1. The number of hydrogen-bond donors (Lipinski definition) is 0. The zero-order valence-corrected chi connectivity index (χ0v) is 9.70. The van der Waals surface area contributed by atoms with E-state index >= 15 is 0 Å². The maximum absolute atomic E-state index is 10.7. The monoisotopic (exact) mass is 237 g/mol. The quantitative estimate of drug-likeness (QED) is 0.708. The number of aldehydes is 1.